The molecule has 0 spiro atoms. The summed E-state index contributed by atoms with van der Waals surface area (Å²) in [5.74, 6) is 1.19. The lowest BCUT2D eigenvalue weighted by Gasteiger charge is -2.29. The van der Waals surface area contributed by atoms with Gasteiger partial charge in [-0.15, -0.1) is 0 Å². The van der Waals surface area contributed by atoms with E-state index < -0.39 is 0 Å². The normalized spacial score (nSPS) is 21.8. The van der Waals surface area contributed by atoms with Crippen LogP contribution in [0.2, 0.25) is 0 Å². The van der Waals surface area contributed by atoms with E-state index in [2.05, 4.69) is 49.6 Å². The first-order valence-corrected chi connectivity index (χ1v) is 7.54. The Morgan fingerprint density at radius 1 is 1.30 bits per heavy atom. The van der Waals surface area contributed by atoms with Crippen molar-refractivity contribution in [1.29, 1.82) is 0 Å². The Hall–Kier alpha value is -1.61. The van der Waals surface area contributed by atoms with E-state index in [9.17, 15) is 0 Å². The van der Waals surface area contributed by atoms with Crippen molar-refractivity contribution in [1.82, 2.24) is 9.55 Å². The van der Waals surface area contributed by atoms with Crippen molar-refractivity contribution < 1.29 is 0 Å². The summed E-state index contributed by atoms with van der Waals surface area (Å²) in [6, 6.07) is 9.35. The summed E-state index contributed by atoms with van der Waals surface area (Å²) in [4.78, 5) is 4.87. The summed E-state index contributed by atoms with van der Waals surface area (Å²) in [5, 5.41) is 0. The lowest BCUT2D eigenvalue weighted by atomic mass is 10.0. The molecule has 1 aliphatic heterocycles. The quantitative estimate of drug-likeness (QED) is 0.909. The van der Waals surface area contributed by atoms with Crippen molar-refractivity contribution in [2.24, 2.45) is 5.73 Å². The molecule has 2 N–H and O–H groups in total. The average molecular weight is 269 g/mol. The first kappa shape index (κ1) is 13.4. The third-order valence-corrected chi connectivity index (χ3v) is 4.59. The fourth-order valence-electron chi connectivity index (χ4n) is 3.19. The minimum Gasteiger partial charge on any atom is -0.327 e. The average Bonchev–Trinajstić information content (AvgIpc) is 2.81. The predicted octanol–water partition coefficient (Wildman–Crippen LogP) is 3.26. The Bertz CT molecular complexity index is 610. The minimum atomic E-state index is 0.241. The van der Waals surface area contributed by atoms with Crippen molar-refractivity contribution in [2.45, 2.75) is 52.1 Å². The van der Waals surface area contributed by atoms with E-state index in [1.54, 1.807) is 0 Å². The Morgan fingerprint density at radius 3 is 2.65 bits per heavy atom. The van der Waals surface area contributed by atoms with E-state index >= 15 is 0 Å². The maximum atomic E-state index is 6.20. The zero-order valence-electron chi connectivity index (χ0n) is 12.6. The standard InChI is InChI=1S/C17H23N3/c1-4-13-5-7-14(8-6-13)17-12(3)20-11(2)15(18)9-10-16(20)19-17/h5-8,11,15H,4,9-10,18H2,1-3H3. The van der Waals surface area contributed by atoms with Crippen molar-refractivity contribution in [2.75, 3.05) is 0 Å². The number of nitrogens with zero attached hydrogens (tertiary/aromatic N) is 2. The molecule has 0 saturated carbocycles. The first-order chi connectivity index (χ1) is 9.61. The first-order valence-electron chi connectivity index (χ1n) is 7.54. The Labute approximate surface area is 120 Å². The lowest BCUT2D eigenvalue weighted by Crippen LogP contribution is -2.36. The summed E-state index contributed by atoms with van der Waals surface area (Å²) >= 11 is 0. The van der Waals surface area contributed by atoms with Gasteiger partial charge < -0.3 is 10.3 Å². The second-order valence-corrected chi connectivity index (χ2v) is 5.83. The minimum absolute atomic E-state index is 0.241. The van der Waals surface area contributed by atoms with Crippen LogP contribution >= 0.6 is 0 Å². The van der Waals surface area contributed by atoms with Crippen LogP contribution in [0.25, 0.3) is 11.3 Å². The van der Waals surface area contributed by atoms with Crippen LogP contribution in [-0.4, -0.2) is 15.6 Å². The van der Waals surface area contributed by atoms with E-state index in [0.717, 1.165) is 25.0 Å². The zero-order valence-corrected chi connectivity index (χ0v) is 12.6. The highest BCUT2D eigenvalue weighted by molar-refractivity contribution is 5.62. The summed E-state index contributed by atoms with van der Waals surface area (Å²) in [6.45, 7) is 6.54. The van der Waals surface area contributed by atoms with E-state index in [1.807, 2.05) is 0 Å². The summed E-state index contributed by atoms with van der Waals surface area (Å²) in [5.41, 5.74) is 11.1. The van der Waals surface area contributed by atoms with Gasteiger partial charge in [-0.05, 0) is 32.3 Å². The number of nitrogens with two attached hydrogens (primary N) is 1. The van der Waals surface area contributed by atoms with Crippen LogP contribution in [0.4, 0.5) is 0 Å². The maximum Gasteiger partial charge on any atom is 0.109 e. The number of aryl methyl sites for hydroxylation is 2. The molecule has 3 rings (SSSR count). The third kappa shape index (κ3) is 2.06. The molecule has 0 saturated heterocycles. The van der Waals surface area contributed by atoms with Crippen molar-refractivity contribution in [3.63, 3.8) is 0 Å². The van der Waals surface area contributed by atoms with Crippen LogP contribution in [0.5, 0.6) is 0 Å². The van der Waals surface area contributed by atoms with Gasteiger partial charge >= 0.3 is 0 Å². The molecule has 106 valence electrons. The van der Waals surface area contributed by atoms with E-state index in [0.29, 0.717) is 6.04 Å². The molecule has 1 aliphatic rings. The highest BCUT2D eigenvalue weighted by Crippen LogP contribution is 2.31. The summed E-state index contributed by atoms with van der Waals surface area (Å²) in [7, 11) is 0. The van der Waals surface area contributed by atoms with Crippen LogP contribution in [0.1, 0.15) is 43.4 Å². The Morgan fingerprint density at radius 2 is 2.00 bits per heavy atom. The van der Waals surface area contributed by atoms with E-state index in [-0.39, 0.29) is 6.04 Å². The van der Waals surface area contributed by atoms with Gasteiger partial charge in [0.25, 0.3) is 0 Å². The van der Waals surface area contributed by atoms with Gasteiger partial charge in [-0.3, -0.25) is 0 Å². The molecule has 2 unspecified atom stereocenters. The largest absolute Gasteiger partial charge is 0.327 e. The van der Waals surface area contributed by atoms with Gasteiger partial charge in [0.15, 0.2) is 0 Å². The fraction of sp³-hybridized carbons (Fsp3) is 0.471. The number of fused-ring (bicyclic) bond motifs is 1. The number of hydrogen-bond donors (Lipinski definition) is 1. The van der Waals surface area contributed by atoms with Gasteiger partial charge in [0.1, 0.15) is 5.82 Å². The molecular formula is C17H23N3. The predicted molar refractivity (Wildman–Crippen MR) is 82.8 cm³/mol. The monoisotopic (exact) mass is 269 g/mol. The van der Waals surface area contributed by atoms with Crippen molar-refractivity contribution in [3.05, 3.63) is 41.3 Å². The number of hydrogen-bond acceptors (Lipinski definition) is 2. The van der Waals surface area contributed by atoms with E-state index in [4.69, 9.17) is 10.7 Å². The number of rotatable bonds is 2. The Balaban J connectivity index is 2.05. The second kappa shape index (κ2) is 5.06. The van der Waals surface area contributed by atoms with Gasteiger partial charge in [0.2, 0.25) is 0 Å². The molecule has 1 aromatic carbocycles. The molecule has 2 heterocycles. The smallest absolute Gasteiger partial charge is 0.109 e. The van der Waals surface area contributed by atoms with Gasteiger partial charge in [-0.1, -0.05) is 31.2 Å². The molecule has 0 bridgehead atoms. The van der Waals surface area contributed by atoms with Gasteiger partial charge in [0.05, 0.1) is 5.69 Å². The topological polar surface area (TPSA) is 43.8 Å². The van der Waals surface area contributed by atoms with E-state index in [1.165, 1.54) is 22.6 Å². The molecule has 3 heteroatoms. The second-order valence-electron chi connectivity index (χ2n) is 5.83. The summed E-state index contributed by atoms with van der Waals surface area (Å²) in [6.07, 6.45) is 3.09. The number of aromatic nitrogens is 2. The van der Waals surface area contributed by atoms with Gasteiger partial charge in [-0.2, -0.15) is 0 Å². The molecule has 0 radical (unpaired) electrons. The van der Waals surface area contributed by atoms with Crippen LogP contribution in [0, 0.1) is 6.92 Å². The van der Waals surface area contributed by atoms with Crippen LogP contribution in [0.15, 0.2) is 24.3 Å². The molecule has 20 heavy (non-hydrogen) atoms. The molecule has 3 nitrogen and oxygen atoms in total. The van der Waals surface area contributed by atoms with Crippen LogP contribution in [-0.2, 0) is 12.8 Å². The maximum absolute atomic E-state index is 6.20. The SMILES string of the molecule is CCc1ccc(-c2nc3n(c2C)C(C)C(N)CC3)cc1. The fourth-order valence-corrected chi connectivity index (χ4v) is 3.19. The lowest BCUT2D eigenvalue weighted by molar-refractivity contribution is 0.363. The molecular weight excluding hydrogens is 246 g/mol. The molecule has 1 aromatic heterocycles. The van der Waals surface area contributed by atoms with Crippen LogP contribution in [0.3, 0.4) is 0 Å². The summed E-state index contributed by atoms with van der Waals surface area (Å²) < 4.78 is 2.33. The highest BCUT2D eigenvalue weighted by Gasteiger charge is 2.27. The molecule has 2 aromatic rings. The van der Waals surface area contributed by atoms with Crippen LogP contribution < -0.4 is 5.73 Å². The molecule has 0 amide bonds. The highest BCUT2D eigenvalue weighted by atomic mass is 15.1. The third-order valence-electron chi connectivity index (χ3n) is 4.59. The Kier molecular flexibility index (Phi) is 3.38. The zero-order chi connectivity index (χ0) is 14.3. The van der Waals surface area contributed by atoms with Gasteiger partial charge in [-0.25, -0.2) is 4.98 Å². The van der Waals surface area contributed by atoms with Gasteiger partial charge in [0, 0.05) is 29.8 Å². The molecule has 0 fully saturated rings. The van der Waals surface area contributed by atoms with Crippen molar-refractivity contribution in [3.8, 4) is 11.3 Å². The van der Waals surface area contributed by atoms with Crippen molar-refractivity contribution >= 4 is 0 Å². The number of imidazole rings is 1. The number of benzene rings is 1. The molecule has 2 atom stereocenters. The molecule has 0 aliphatic carbocycles.